The van der Waals surface area contributed by atoms with E-state index in [1.807, 2.05) is 0 Å². The molecule has 2 heteroatoms. The van der Waals surface area contributed by atoms with Crippen LogP contribution in [0.3, 0.4) is 0 Å². The molecule has 1 aromatic carbocycles. The van der Waals surface area contributed by atoms with Gasteiger partial charge in [-0.2, -0.15) is 0 Å². The molecule has 2 nitrogen and oxygen atoms in total. The lowest BCUT2D eigenvalue weighted by molar-refractivity contribution is 0.134. The minimum Gasteiger partial charge on any atom is -0.372 e. The SMILES string of the molecule is Cc1cc(CCC[C@H](C)N)cc2c1COC2. The summed E-state index contributed by atoms with van der Waals surface area (Å²) in [6.07, 6.45) is 3.42. The molecule has 1 atom stereocenters. The maximum atomic E-state index is 5.76. The van der Waals surface area contributed by atoms with E-state index in [1.54, 1.807) is 0 Å². The molecule has 0 saturated carbocycles. The highest BCUT2D eigenvalue weighted by Crippen LogP contribution is 2.25. The molecule has 2 rings (SSSR count). The molecule has 0 fully saturated rings. The van der Waals surface area contributed by atoms with Gasteiger partial charge in [0, 0.05) is 6.04 Å². The Bertz CT molecular complexity index is 371. The van der Waals surface area contributed by atoms with Crippen molar-refractivity contribution in [2.45, 2.75) is 52.4 Å². The standard InChI is InChI=1S/C14H21NO/c1-10-6-12(5-3-4-11(2)15)7-13-8-16-9-14(10)13/h6-7,11H,3-5,8-9,15H2,1-2H3/t11-/m0/s1. The Balaban J connectivity index is 2.03. The molecule has 0 aliphatic carbocycles. The lowest BCUT2D eigenvalue weighted by Gasteiger charge is -2.08. The van der Waals surface area contributed by atoms with Crippen LogP contribution in [0, 0.1) is 6.92 Å². The van der Waals surface area contributed by atoms with Crippen LogP contribution < -0.4 is 5.73 Å². The molecule has 16 heavy (non-hydrogen) atoms. The van der Waals surface area contributed by atoms with Gasteiger partial charge in [0.05, 0.1) is 13.2 Å². The number of hydrogen-bond donors (Lipinski definition) is 1. The quantitative estimate of drug-likeness (QED) is 0.845. The molecule has 0 saturated heterocycles. The Morgan fingerprint density at radius 1 is 1.38 bits per heavy atom. The molecule has 0 spiro atoms. The second kappa shape index (κ2) is 4.98. The topological polar surface area (TPSA) is 35.2 Å². The molecule has 2 N–H and O–H groups in total. The summed E-state index contributed by atoms with van der Waals surface area (Å²) in [5.41, 5.74) is 11.4. The van der Waals surface area contributed by atoms with E-state index in [0.29, 0.717) is 6.04 Å². The molecule has 0 amide bonds. The molecule has 88 valence electrons. The Morgan fingerprint density at radius 3 is 2.94 bits per heavy atom. The van der Waals surface area contributed by atoms with E-state index in [1.165, 1.54) is 28.7 Å². The van der Waals surface area contributed by atoms with Crippen LogP contribution in [0.1, 0.15) is 42.0 Å². The number of fused-ring (bicyclic) bond motifs is 1. The molecule has 0 unspecified atom stereocenters. The number of hydrogen-bond acceptors (Lipinski definition) is 2. The van der Waals surface area contributed by atoms with Gasteiger partial charge in [-0.25, -0.2) is 0 Å². The first-order valence-electron chi connectivity index (χ1n) is 6.11. The highest BCUT2D eigenvalue weighted by Gasteiger charge is 2.14. The first-order valence-corrected chi connectivity index (χ1v) is 6.11. The van der Waals surface area contributed by atoms with Crippen LogP contribution in [0.25, 0.3) is 0 Å². The average molecular weight is 219 g/mol. The number of ether oxygens (including phenoxy) is 1. The van der Waals surface area contributed by atoms with E-state index >= 15 is 0 Å². The van der Waals surface area contributed by atoms with Crippen molar-refractivity contribution < 1.29 is 4.74 Å². The molecule has 0 bridgehead atoms. The van der Waals surface area contributed by atoms with Crippen molar-refractivity contribution in [2.24, 2.45) is 5.73 Å². The highest BCUT2D eigenvalue weighted by molar-refractivity contribution is 5.39. The summed E-state index contributed by atoms with van der Waals surface area (Å²) in [6, 6.07) is 4.92. The predicted molar refractivity (Wildman–Crippen MR) is 66.3 cm³/mol. The third-order valence-electron chi connectivity index (χ3n) is 3.25. The van der Waals surface area contributed by atoms with Crippen LogP contribution in [-0.2, 0) is 24.4 Å². The van der Waals surface area contributed by atoms with Crippen LogP contribution >= 0.6 is 0 Å². The van der Waals surface area contributed by atoms with Crippen LogP contribution in [0.5, 0.6) is 0 Å². The van der Waals surface area contributed by atoms with E-state index in [9.17, 15) is 0 Å². The first-order chi connectivity index (χ1) is 7.66. The lowest BCUT2D eigenvalue weighted by Crippen LogP contribution is -2.14. The van der Waals surface area contributed by atoms with Gasteiger partial charge in [-0.15, -0.1) is 0 Å². The summed E-state index contributed by atoms with van der Waals surface area (Å²) in [5.74, 6) is 0. The van der Waals surface area contributed by atoms with Gasteiger partial charge in [-0.3, -0.25) is 0 Å². The molecule has 1 aromatic rings. The van der Waals surface area contributed by atoms with Crippen LogP contribution in [0.4, 0.5) is 0 Å². The second-order valence-corrected chi connectivity index (χ2v) is 4.91. The van der Waals surface area contributed by atoms with Crippen molar-refractivity contribution in [3.63, 3.8) is 0 Å². The molecule has 1 heterocycles. The van der Waals surface area contributed by atoms with E-state index < -0.39 is 0 Å². The summed E-state index contributed by atoms with van der Waals surface area (Å²) in [7, 11) is 0. The van der Waals surface area contributed by atoms with Crippen LogP contribution in [0.15, 0.2) is 12.1 Å². The smallest absolute Gasteiger partial charge is 0.0727 e. The van der Waals surface area contributed by atoms with Gasteiger partial charge in [0.2, 0.25) is 0 Å². The fraction of sp³-hybridized carbons (Fsp3) is 0.571. The predicted octanol–water partition coefficient (Wildman–Crippen LogP) is 2.70. The molecule has 1 aliphatic heterocycles. The van der Waals surface area contributed by atoms with Crippen molar-refractivity contribution in [3.05, 3.63) is 34.4 Å². The van der Waals surface area contributed by atoms with Crippen molar-refractivity contribution in [1.29, 1.82) is 0 Å². The normalized spacial score (nSPS) is 16.2. The van der Waals surface area contributed by atoms with Crippen LogP contribution in [0.2, 0.25) is 0 Å². The third-order valence-corrected chi connectivity index (χ3v) is 3.25. The van der Waals surface area contributed by atoms with Gasteiger partial charge in [-0.05, 0) is 55.4 Å². The van der Waals surface area contributed by atoms with Gasteiger partial charge in [0.1, 0.15) is 0 Å². The third kappa shape index (κ3) is 2.63. The Hall–Kier alpha value is -0.860. The second-order valence-electron chi connectivity index (χ2n) is 4.91. The van der Waals surface area contributed by atoms with E-state index in [0.717, 1.165) is 26.1 Å². The Labute approximate surface area is 97.8 Å². The zero-order valence-corrected chi connectivity index (χ0v) is 10.3. The number of aryl methyl sites for hydroxylation is 2. The van der Waals surface area contributed by atoms with Crippen molar-refractivity contribution >= 4 is 0 Å². The van der Waals surface area contributed by atoms with Crippen LogP contribution in [-0.4, -0.2) is 6.04 Å². The Kier molecular flexibility index (Phi) is 3.62. The summed E-state index contributed by atoms with van der Waals surface area (Å²) < 4.78 is 5.47. The molecule has 0 aromatic heterocycles. The van der Waals surface area contributed by atoms with Gasteiger partial charge >= 0.3 is 0 Å². The minimum atomic E-state index is 0.318. The number of benzene rings is 1. The number of nitrogens with two attached hydrogens (primary N) is 1. The molecular weight excluding hydrogens is 198 g/mol. The summed E-state index contributed by atoms with van der Waals surface area (Å²) >= 11 is 0. The van der Waals surface area contributed by atoms with E-state index in [-0.39, 0.29) is 0 Å². The molecular formula is C14H21NO. The van der Waals surface area contributed by atoms with Gasteiger partial charge < -0.3 is 10.5 Å². The molecule has 1 aliphatic rings. The summed E-state index contributed by atoms with van der Waals surface area (Å²) in [6.45, 7) is 5.84. The van der Waals surface area contributed by atoms with Crippen molar-refractivity contribution in [3.8, 4) is 0 Å². The largest absolute Gasteiger partial charge is 0.372 e. The van der Waals surface area contributed by atoms with E-state index in [4.69, 9.17) is 10.5 Å². The average Bonchev–Trinajstić information content (AvgIpc) is 2.65. The summed E-state index contributed by atoms with van der Waals surface area (Å²) in [5, 5.41) is 0. The van der Waals surface area contributed by atoms with Gasteiger partial charge in [0.15, 0.2) is 0 Å². The monoisotopic (exact) mass is 219 g/mol. The van der Waals surface area contributed by atoms with Gasteiger partial charge in [0.25, 0.3) is 0 Å². The fourth-order valence-corrected chi connectivity index (χ4v) is 2.34. The van der Waals surface area contributed by atoms with Gasteiger partial charge in [-0.1, -0.05) is 12.1 Å². The first kappa shape index (κ1) is 11.6. The molecule has 0 radical (unpaired) electrons. The minimum absolute atomic E-state index is 0.318. The summed E-state index contributed by atoms with van der Waals surface area (Å²) in [4.78, 5) is 0. The fourth-order valence-electron chi connectivity index (χ4n) is 2.34. The Morgan fingerprint density at radius 2 is 2.19 bits per heavy atom. The maximum absolute atomic E-state index is 5.76. The van der Waals surface area contributed by atoms with E-state index in [2.05, 4.69) is 26.0 Å². The zero-order chi connectivity index (χ0) is 11.5. The maximum Gasteiger partial charge on any atom is 0.0727 e. The number of rotatable bonds is 4. The highest BCUT2D eigenvalue weighted by atomic mass is 16.5. The van der Waals surface area contributed by atoms with Crippen molar-refractivity contribution in [2.75, 3.05) is 0 Å². The zero-order valence-electron chi connectivity index (χ0n) is 10.3. The lowest BCUT2D eigenvalue weighted by atomic mass is 9.97. The van der Waals surface area contributed by atoms with Crippen molar-refractivity contribution in [1.82, 2.24) is 0 Å².